The van der Waals surface area contributed by atoms with Gasteiger partial charge in [-0.3, -0.25) is 0 Å². The monoisotopic (exact) mass is 311 g/mol. The van der Waals surface area contributed by atoms with Crippen LogP contribution >= 0.6 is 0 Å². The maximum atomic E-state index is 6.87. The quantitative estimate of drug-likeness (QED) is 0.636. The molecular formula is C18H37NOSi. The molecule has 2 rings (SSSR count). The molecule has 0 aromatic carbocycles. The molecule has 0 amide bonds. The van der Waals surface area contributed by atoms with Crippen molar-refractivity contribution in [1.82, 2.24) is 4.90 Å². The fraction of sp³-hybridized carbons (Fsp3) is 1.00. The average Bonchev–Trinajstić information content (AvgIpc) is 2.87. The van der Waals surface area contributed by atoms with E-state index in [-0.39, 0.29) is 0 Å². The van der Waals surface area contributed by atoms with Crippen LogP contribution in [0.2, 0.25) is 16.6 Å². The van der Waals surface area contributed by atoms with Crippen LogP contribution in [0.15, 0.2) is 0 Å². The number of piperidine rings is 1. The standard InChI is InChI=1S/C18H37NOSi/c1-14(2)21(15(3)4,16(5)6)20-13-17-9-7-11-19-12-8-10-18(17)19/h14-18H,7-13H2,1-6H3/t17-,18+/m1/s1. The number of hydrogen-bond acceptors (Lipinski definition) is 2. The molecule has 2 atom stereocenters. The normalized spacial score (nSPS) is 27.9. The molecule has 0 spiro atoms. The van der Waals surface area contributed by atoms with Gasteiger partial charge in [-0.25, -0.2) is 0 Å². The van der Waals surface area contributed by atoms with E-state index in [1.165, 1.54) is 38.8 Å². The van der Waals surface area contributed by atoms with E-state index in [0.29, 0.717) is 16.6 Å². The van der Waals surface area contributed by atoms with Crippen molar-refractivity contribution in [2.75, 3.05) is 19.7 Å². The van der Waals surface area contributed by atoms with Gasteiger partial charge >= 0.3 is 0 Å². The lowest BCUT2D eigenvalue weighted by Gasteiger charge is -2.45. The minimum absolute atomic E-state index is 0.709. The average molecular weight is 312 g/mol. The Labute approximate surface area is 133 Å². The van der Waals surface area contributed by atoms with E-state index < -0.39 is 8.32 Å². The van der Waals surface area contributed by atoms with Crippen LogP contribution < -0.4 is 0 Å². The van der Waals surface area contributed by atoms with E-state index in [1.807, 2.05) is 0 Å². The highest BCUT2D eigenvalue weighted by molar-refractivity contribution is 6.77. The van der Waals surface area contributed by atoms with Crippen LogP contribution in [-0.4, -0.2) is 39.0 Å². The molecule has 0 N–H and O–H groups in total. The number of rotatable bonds is 6. The Kier molecular flexibility index (Phi) is 5.95. The van der Waals surface area contributed by atoms with Crippen molar-refractivity contribution < 1.29 is 4.43 Å². The predicted molar refractivity (Wildman–Crippen MR) is 94.3 cm³/mol. The van der Waals surface area contributed by atoms with Crippen molar-refractivity contribution in [2.24, 2.45) is 5.92 Å². The SMILES string of the molecule is CC(C)[Si](OC[C@H]1CCCN2CCC[C@@H]12)(C(C)C)C(C)C. The van der Waals surface area contributed by atoms with E-state index in [2.05, 4.69) is 46.4 Å². The van der Waals surface area contributed by atoms with Gasteiger partial charge < -0.3 is 9.33 Å². The summed E-state index contributed by atoms with van der Waals surface area (Å²) in [5, 5.41) is 0. The van der Waals surface area contributed by atoms with Gasteiger partial charge in [0.1, 0.15) is 0 Å². The van der Waals surface area contributed by atoms with Gasteiger partial charge in [0.05, 0.1) is 0 Å². The first-order chi connectivity index (χ1) is 9.89. The molecule has 0 unspecified atom stereocenters. The minimum Gasteiger partial charge on any atom is -0.416 e. The molecule has 2 nitrogen and oxygen atoms in total. The maximum Gasteiger partial charge on any atom is 0.200 e. The maximum absolute atomic E-state index is 6.87. The fourth-order valence-corrected chi connectivity index (χ4v) is 10.9. The fourth-order valence-electron chi connectivity index (χ4n) is 5.36. The molecule has 3 heteroatoms. The van der Waals surface area contributed by atoms with E-state index in [0.717, 1.165) is 18.6 Å². The van der Waals surface area contributed by atoms with Crippen LogP contribution in [0.3, 0.4) is 0 Å². The van der Waals surface area contributed by atoms with Crippen molar-refractivity contribution in [3.05, 3.63) is 0 Å². The summed E-state index contributed by atoms with van der Waals surface area (Å²) >= 11 is 0. The topological polar surface area (TPSA) is 12.5 Å². The zero-order valence-corrected chi connectivity index (χ0v) is 16.2. The minimum atomic E-state index is -1.67. The van der Waals surface area contributed by atoms with Gasteiger partial charge in [0.25, 0.3) is 0 Å². The lowest BCUT2D eigenvalue weighted by atomic mass is 9.90. The summed E-state index contributed by atoms with van der Waals surface area (Å²) in [5.41, 5.74) is 2.13. The van der Waals surface area contributed by atoms with E-state index >= 15 is 0 Å². The summed E-state index contributed by atoms with van der Waals surface area (Å²) in [5.74, 6) is 0.796. The van der Waals surface area contributed by atoms with E-state index in [1.54, 1.807) is 0 Å². The largest absolute Gasteiger partial charge is 0.416 e. The predicted octanol–water partition coefficient (Wildman–Crippen LogP) is 5.05. The molecule has 2 aliphatic rings. The van der Waals surface area contributed by atoms with Crippen molar-refractivity contribution >= 4 is 8.32 Å². The van der Waals surface area contributed by atoms with Gasteiger partial charge in [0, 0.05) is 12.6 Å². The first kappa shape index (κ1) is 17.5. The molecule has 0 saturated carbocycles. The van der Waals surface area contributed by atoms with E-state index in [9.17, 15) is 0 Å². The third-order valence-electron chi connectivity index (χ3n) is 6.23. The lowest BCUT2D eigenvalue weighted by molar-refractivity contribution is 0.0867. The lowest BCUT2D eigenvalue weighted by Crippen LogP contribution is -2.50. The number of fused-ring (bicyclic) bond motifs is 1. The Hall–Kier alpha value is 0.137. The summed E-state index contributed by atoms with van der Waals surface area (Å²) in [6.07, 6.45) is 5.58. The van der Waals surface area contributed by atoms with Crippen LogP contribution in [0.25, 0.3) is 0 Å². The van der Waals surface area contributed by atoms with Crippen LogP contribution in [0, 0.1) is 5.92 Å². The van der Waals surface area contributed by atoms with Gasteiger partial charge in [-0.1, -0.05) is 41.5 Å². The van der Waals surface area contributed by atoms with Gasteiger partial charge in [-0.15, -0.1) is 0 Å². The van der Waals surface area contributed by atoms with Crippen molar-refractivity contribution in [1.29, 1.82) is 0 Å². The molecule has 21 heavy (non-hydrogen) atoms. The zero-order chi connectivity index (χ0) is 15.6. The first-order valence-electron chi connectivity index (χ1n) is 9.27. The summed E-state index contributed by atoms with van der Waals surface area (Å²) in [6, 6.07) is 0.830. The Bertz CT molecular complexity index is 307. The van der Waals surface area contributed by atoms with Crippen LogP contribution in [0.5, 0.6) is 0 Å². The Morgan fingerprint density at radius 1 is 0.905 bits per heavy atom. The molecule has 0 radical (unpaired) electrons. The second-order valence-corrected chi connectivity index (χ2v) is 13.7. The van der Waals surface area contributed by atoms with Crippen molar-refractivity contribution in [2.45, 2.75) is 89.9 Å². The van der Waals surface area contributed by atoms with Crippen molar-refractivity contribution in [3.8, 4) is 0 Å². The highest BCUT2D eigenvalue weighted by atomic mass is 28.4. The Balaban J connectivity index is 2.04. The first-order valence-corrected chi connectivity index (χ1v) is 11.4. The zero-order valence-electron chi connectivity index (χ0n) is 15.2. The number of nitrogens with zero attached hydrogens (tertiary/aromatic N) is 1. The second-order valence-electron chi connectivity index (χ2n) is 8.28. The van der Waals surface area contributed by atoms with Gasteiger partial charge in [0.2, 0.25) is 0 Å². The van der Waals surface area contributed by atoms with Crippen LogP contribution in [0.4, 0.5) is 0 Å². The van der Waals surface area contributed by atoms with Crippen LogP contribution in [-0.2, 0) is 4.43 Å². The summed E-state index contributed by atoms with van der Waals surface area (Å²) < 4.78 is 6.87. The highest BCUT2D eigenvalue weighted by Gasteiger charge is 2.46. The molecule has 124 valence electrons. The molecule has 0 aromatic rings. The summed E-state index contributed by atoms with van der Waals surface area (Å²) in [6.45, 7) is 18.1. The molecule has 2 fully saturated rings. The Morgan fingerprint density at radius 2 is 1.43 bits per heavy atom. The summed E-state index contributed by atoms with van der Waals surface area (Å²) in [4.78, 5) is 2.74. The molecule has 2 saturated heterocycles. The Morgan fingerprint density at radius 3 is 1.95 bits per heavy atom. The van der Waals surface area contributed by atoms with Gasteiger partial charge in [-0.2, -0.15) is 0 Å². The summed E-state index contributed by atoms with van der Waals surface area (Å²) in [7, 11) is -1.67. The molecule has 0 bridgehead atoms. The van der Waals surface area contributed by atoms with Gasteiger partial charge in [-0.05, 0) is 61.3 Å². The second kappa shape index (κ2) is 7.14. The molecular weight excluding hydrogens is 274 g/mol. The smallest absolute Gasteiger partial charge is 0.200 e. The molecule has 2 heterocycles. The molecule has 0 aromatic heterocycles. The van der Waals surface area contributed by atoms with Crippen molar-refractivity contribution in [3.63, 3.8) is 0 Å². The van der Waals surface area contributed by atoms with Crippen LogP contribution in [0.1, 0.15) is 67.2 Å². The third-order valence-corrected chi connectivity index (χ3v) is 12.3. The van der Waals surface area contributed by atoms with Gasteiger partial charge in [0.15, 0.2) is 8.32 Å². The number of hydrogen-bond donors (Lipinski definition) is 0. The highest BCUT2D eigenvalue weighted by Crippen LogP contribution is 2.43. The molecule has 0 aliphatic carbocycles. The van der Waals surface area contributed by atoms with E-state index in [4.69, 9.17) is 4.43 Å². The molecule has 2 aliphatic heterocycles. The third kappa shape index (κ3) is 3.40.